The highest BCUT2D eigenvalue weighted by molar-refractivity contribution is 9.11. The van der Waals surface area contributed by atoms with Crippen molar-refractivity contribution in [3.8, 4) is 5.75 Å². The van der Waals surface area contributed by atoms with Crippen LogP contribution >= 0.6 is 31.9 Å². The SMILES string of the molecule is COc1ccc(N2CCN(C(=O)n3nc(Br)nc3Br)CC2)cc1. The molecule has 7 nitrogen and oxygen atoms in total. The quantitative estimate of drug-likeness (QED) is 0.712. The molecule has 3 rings (SSSR count). The van der Waals surface area contributed by atoms with Gasteiger partial charge in [0.15, 0.2) is 0 Å². The number of halogens is 2. The minimum atomic E-state index is -0.176. The second-order valence-electron chi connectivity index (χ2n) is 5.02. The van der Waals surface area contributed by atoms with E-state index in [-0.39, 0.29) is 6.03 Å². The van der Waals surface area contributed by atoms with E-state index in [9.17, 15) is 4.79 Å². The van der Waals surface area contributed by atoms with Crippen LogP contribution in [0.4, 0.5) is 10.5 Å². The molecule has 1 aromatic carbocycles. The predicted molar refractivity (Wildman–Crippen MR) is 93.0 cm³/mol. The van der Waals surface area contributed by atoms with Gasteiger partial charge in [0.2, 0.25) is 9.47 Å². The van der Waals surface area contributed by atoms with Gasteiger partial charge in [0.25, 0.3) is 0 Å². The van der Waals surface area contributed by atoms with Crippen molar-refractivity contribution in [1.82, 2.24) is 19.7 Å². The Balaban J connectivity index is 1.63. The normalized spacial score (nSPS) is 14.9. The van der Waals surface area contributed by atoms with Gasteiger partial charge in [-0.2, -0.15) is 9.67 Å². The van der Waals surface area contributed by atoms with Crippen LogP contribution in [0.1, 0.15) is 0 Å². The molecule has 1 aliphatic rings. The molecule has 9 heteroatoms. The molecule has 2 aromatic rings. The zero-order valence-corrected chi connectivity index (χ0v) is 15.6. The first-order valence-corrected chi connectivity index (χ1v) is 8.63. The second-order valence-corrected chi connectivity index (χ2v) is 6.43. The highest BCUT2D eigenvalue weighted by Gasteiger charge is 2.25. The van der Waals surface area contributed by atoms with E-state index in [2.05, 4.69) is 46.8 Å². The van der Waals surface area contributed by atoms with Crippen LogP contribution in [0.2, 0.25) is 0 Å². The van der Waals surface area contributed by atoms with Crippen molar-refractivity contribution >= 4 is 43.6 Å². The van der Waals surface area contributed by atoms with Crippen molar-refractivity contribution in [2.75, 3.05) is 38.2 Å². The van der Waals surface area contributed by atoms with Gasteiger partial charge in [-0.3, -0.25) is 0 Å². The number of piperazine rings is 1. The Morgan fingerprint density at radius 2 is 1.78 bits per heavy atom. The molecule has 122 valence electrons. The lowest BCUT2D eigenvalue weighted by atomic mass is 10.2. The molecule has 2 heterocycles. The van der Waals surface area contributed by atoms with Gasteiger partial charge in [0.1, 0.15) is 5.75 Å². The number of methoxy groups -OCH3 is 1. The molecule has 0 aliphatic carbocycles. The van der Waals surface area contributed by atoms with Gasteiger partial charge < -0.3 is 14.5 Å². The minimum absolute atomic E-state index is 0.176. The van der Waals surface area contributed by atoms with E-state index < -0.39 is 0 Å². The predicted octanol–water partition coefficient (Wildman–Crippen LogP) is 2.60. The summed E-state index contributed by atoms with van der Waals surface area (Å²) in [5.74, 6) is 0.837. The van der Waals surface area contributed by atoms with Gasteiger partial charge in [-0.25, -0.2) is 4.79 Å². The van der Waals surface area contributed by atoms with E-state index >= 15 is 0 Å². The zero-order valence-electron chi connectivity index (χ0n) is 12.4. The molecule has 0 radical (unpaired) electrons. The molecule has 0 N–H and O–H groups in total. The monoisotopic (exact) mass is 443 g/mol. The summed E-state index contributed by atoms with van der Waals surface area (Å²) in [7, 11) is 1.65. The smallest absolute Gasteiger partial charge is 0.347 e. The van der Waals surface area contributed by atoms with E-state index in [0.717, 1.165) is 24.5 Å². The van der Waals surface area contributed by atoms with Gasteiger partial charge in [-0.15, -0.1) is 5.10 Å². The third-order valence-corrected chi connectivity index (χ3v) is 4.56. The molecule has 0 spiro atoms. The molecule has 1 fully saturated rings. The number of carbonyl (C=O) groups is 1. The fraction of sp³-hybridized carbons (Fsp3) is 0.357. The van der Waals surface area contributed by atoms with Crippen molar-refractivity contribution in [3.63, 3.8) is 0 Å². The number of aromatic nitrogens is 3. The van der Waals surface area contributed by atoms with Gasteiger partial charge >= 0.3 is 6.03 Å². The summed E-state index contributed by atoms with van der Waals surface area (Å²) >= 11 is 6.40. The van der Waals surface area contributed by atoms with E-state index in [0.29, 0.717) is 22.6 Å². The molecule has 0 unspecified atom stereocenters. The maximum Gasteiger partial charge on any atom is 0.347 e. The zero-order chi connectivity index (χ0) is 16.4. The van der Waals surface area contributed by atoms with Crippen LogP contribution in [0, 0.1) is 0 Å². The number of nitrogens with zero attached hydrogens (tertiary/aromatic N) is 5. The number of amides is 1. The van der Waals surface area contributed by atoms with E-state index in [1.54, 1.807) is 12.0 Å². The largest absolute Gasteiger partial charge is 0.497 e. The Hall–Kier alpha value is -1.61. The third-order valence-electron chi connectivity index (χ3n) is 3.71. The van der Waals surface area contributed by atoms with Crippen LogP contribution in [0.5, 0.6) is 5.75 Å². The Morgan fingerprint density at radius 1 is 1.13 bits per heavy atom. The summed E-state index contributed by atoms with van der Waals surface area (Å²) in [6.45, 7) is 2.81. The summed E-state index contributed by atoms with van der Waals surface area (Å²) in [5, 5.41) is 4.04. The number of benzene rings is 1. The van der Waals surface area contributed by atoms with Crippen molar-refractivity contribution in [3.05, 3.63) is 33.7 Å². The van der Waals surface area contributed by atoms with Gasteiger partial charge in [-0.1, -0.05) is 0 Å². The maximum atomic E-state index is 12.5. The van der Waals surface area contributed by atoms with Crippen molar-refractivity contribution < 1.29 is 9.53 Å². The number of hydrogen-bond acceptors (Lipinski definition) is 5. The lowest BCUT2D eigenvalue weighted by molar-refractivity contribution is 0.192. The maximum absolute atomic E-state index is 12.5. The molecular weight excluding hydrogens is 430 g/mol. The van der Waals surface area contributed by atoms with Crippen molar-refractivity contribution in [2.24, 2.45) is 0 Å². The first-order chi connectivity index (χ1) is 11.1. The summed E-state index contributed by atoms with van der Waals surface area (Å²) in [4.78, 5) is 20.5. The van der Waals surface area contributed by atoms with E-state index in [1.165, 1.54) is 4.68 Å². The summed E-state index contributed by atoms with van der Waals surface area (Å²) in [5.41, 5.74) is 1.13. The topological polar surface area (TPSA) is 63.5 Å². The highest BCUT2D eigenvalue weighted by Crippen LogP contribution is 2.21. The molecule has 1 amide bonds. The number of carbonyl (C=O) groups excluding carboxylic acids is 1. The number of anilines is 1. The van der Waals surface area contributed by atoms with Gasteiger partial charge in [0.05, 0.1) is 7.11 Å². The van der Waals surface area contributed by atoms with E-state index in [4.69, 9.17) is 4.74 Å². The minimum Gasteiger partial charge on any atom is -0.497 e. The van der Waals surface area contributed by atoms with Crippen LogP contribution in [-0.4, -0.2) is 59.0 Å². The molecule has 0 saturated carbocycles. The Morgan fingerprint density at radius 3 is 2.30 bits per heavy atom. The average molecular weight is 445 g/mol. The van der Waals surface area contributed by atoms with Crippen LogP contribution in [0.3, 0.4) is 0 Å². The summed E-state index contributed by atoms with van der Waals surface area (Å²) in [6, 6.07) is 7.76. The second kappa shape index (κ2) is 6.88. The number of rotatable bonds is 2. The molecular formula is C14H15Br2N5O2. The van der Waals surface area contributed by atoms with Crippen molar-refractivity contribution in [1.29, 1.82) is 0 Å². The standard InChI is InChI=1S/C14H15Br2N5O2/c1-23-11-4-2-10(3-5-11)19-6-8-20(9-7-19)14(22)21-13(16)17-12(15)18-21/h2-5H,6-9H2,1H3. The highest BCUT2D eigenvalue weighted by atomic mass is 79.9. The molecule has 23 heavy (non-hydrogen) atoms. The lowest BCUT2D eigenvalue weighted by Crippen LogP contribution is -2.50. The van der Waals surface area contributed by atoms with Gasteiger partial charge in [-0.05, 0) is 56.1 Å². The molecule has 0 atom stereocenters. The van der Waals surface area contributed by atoms with Crippen LogP contribution in [-0.2, 0) is 0 Å². The lowest BCUT2D eigenvalue weighted by Gasteiger charge is -2.35. The summed E-state index contributed by atoms with van der Waals surface area (Å²) in [6.07, 6.45) is 0. The molecule has 1 aromatic heterocycles. The van der Waals surface area contributed by atoms with Crippen LogP contribution in [0.15, 0.2) is 33.7 Å². The van der Waals surface area contributed by atoms with Gasteiger partial charge in [0, 0.05) is 31.9 Å². The Kier molecular flexibility index (Phi) is 4.86. The molecule has 1 saturated heterocycles. The Bertz CT molecular complexity index is 696. The fourth-order valence-electron chi connectivity index (χ4n) is 2.47. The third kappa shape index (κ3) is 3.50. The Labute approximate surface area is 150 Å². The fourth-order valence-corrected chi connectivity index (χ4v) is 3.44. The van der Waals surface area contributed by atoms with Crippen LogP contribution < -0.4 is 9.64 Å². The van der Waals surface area contributed by atoms with Crippen LogP contribution in [0.25, 0.3) is 0 Å². The average Bonchev–Trinajstić information content (AvgIpc) is 2.93. The molecule has 0 bridgehead atoms. The number of hydrogen-bond donors (Lipinski definition) is 0. The summed E-state index contributed by atoms with van der Waals surface area (Å²) < 4.78 is 7.21. The van der Waals surface area contributed by atoms with Crippen molar-refractivity contribution in [2.45, 2.75) is 0 Å². The first-order valence-electron chi connectivity index (χ1n) is 7.05. The van der Waals surface area contributed by atoms with E-state index in [1.807, 2.05) is 24.3 Å². The molecule has 1 aliphatic heterocycles. The first kappa shape index (κ1) is 16.3. The number of ether oxygens (including phenoxy) is 1.